The Bertz CT molecular complexity index is 755. The molecule has 0 amide bonds. The molecule has 0 unspecified atom stereocenters. The zero-order chi connectivity index (χ0) is 21.3. The average Bonchev–Trinajstić information content (AvgIpc) is 2.74. The summed E-state index contributed by atoms with van der Waals surface area (Å²) in [4.78, 5) is 25.2. The number of carboxylic acid groups (broad SMARTS) is 1. The summed E-state index contributed by atoms with van der Waals surface area (Å²) < 4.78 is 5.65. The lowest BCUT2D eigenvalue weighted by molar-refractivity contribution is -0.164. The Labute approximate surface area is 179 Å². The number of carboxylic acids is 1. The van der Waals surface area contributed by atoms with Crippen molar-refractivity contribution in [2.45, 2.75) is 57.3 Å². The van der Waals surface area contributed by atoms with E-state index in [1.807, 2.05) is 60.7 Å². The number of hydrogen-bond acceptors (Lipinski definition) is 3. The van der Waals surface area contributed by atoms with Crippen LogP contribution in [0.5, 0.6) is 0 Å². The van der Waals surface area contributed by atoms with E-state index in [2.05, 4.69) is 6.92 Å². The van der Waals surface area contributed by atoms with Gasteiger partial charge in [-0.1, -0.05) is 99.7 Å². The minimum absolute atomic E-state index is 0.274. The summed E-state index contributed by atoms with van der Waals surface area (Å²) >= 11 is 0. The number of aliphatic carboxylic acids is 1. The molecule has 1 aliphatic carbocycles. The number of carbonyl (C=O) groups excluding carboxylic acids is 1. The van der Waals surface area contributed by atoms with Crippen LogP contribution < -0.4 is 0 Å². The Morgan fingerprint density at radius 2 is 1.27 bits per heavy atom. The smallest absolute Gasteiger partial charge is 0.310 e. The molecule has 0 spiro atoms. The molecule has 0 aromatic heterocycles. The van der Waals surface area contributed by atoms with Gasteiger partial charge in [-0.2, -0.15) is 0 Å². The second-order valence-electron chi connectivity index (χ2n) is 8.20. The predicted molar refractivity (Wildman–Crippen MR) is 117 cm³/mol. The molecule has 0 radical (unpaired) electrons. The second kappa shape index (κ2) is 11.0. The van der Waals surface area contributed by atoms with Crippen LogP contribution in [-0.2, 0) is 14.3 Å². The SMILES string of the molecule is CCCCCCCCOC(=O)C1[C@H](c2ccccc2)C(C(=O)O)[C@H]1c1ccccc1. The van der Waals surface area contributed by atoms with Crippen LogP contribution in [0.25, 0.3) is 0 Å². The molecule has 1 saturated carbocycles. The second-order valence-corrected chi connectivity index (χ2v) is 8.20. The molecular formula is C26H32O4. The molecule has 0 saturated heterocycles. The predicted octanol–water partition coefficient (Wildman–Crippen LogP) is 5.79. The molecule has 0 heterocycles. The van der Waals surface area contributed by atoms with Crippen molar-refractivity contribution in [1.29, 1.82) is 0 Å². The summed E-state index contributed by atoms with van der Waals surface area (Å²) in [5.41, 5.74) is 1.78. The molecule has 3 rings (SSSR count). The molecule has 0 bridgehead atoms. The van der Waals surface area contributed by atoms with Gasteiger partial charge in [0, 0.05) is 11.8 Å². The third kappa shape index (κ3) is 5.10. The van der Waals surface area contributed by atoms with E-state index in [0.717, 1.165) is 30.4 Å². The summed E-state index contributed by atoms with van der Waals surface area (Å²) in [7, 11) is 0. The van der Waals surface area contributed by atoms with E-state index in [0.29, 0.717) is 6.61 Å². The quantitative estimate of drug-likeness (QED) is 0.378. The van der Waals surface area contributed by atoms with Crippen molar-refractivity contribution in [2.75, 3.05) is 6.61 Å². The fourth-order valence-electron chi connectivity index (χ4n) is 4.68. The van der Waals surface area contributed by atoms with E-state index < -0.39 is 17.8 Å². The first-order valence-electron chi connectivity index (χ1n) is 11.1. The van der Waals surface area contributed by atoms with Gasteiger partial charge in [-0.05, 0) is 17.5 Å². The molecule has 0 aliphatic heterocycles. The van der Waals surface area contributed by atoms with Crippen LogP contribution in [0.4, 0.5) is 0 Å². The van der Waals surface area contributed by atoms with Gasteiger partial charge >= 0.3 is 11.9 Å². The number of hydrogen-bond donors (Lipinski definition) is 1. The highest BCUT2D eigenvalue weighted by Gasteiger charge is 2.59. The maximum absolute atomic E-state index is 13.1. The summed E-state index contributed by atoms with van der Waals surface area (Å²) in [5, 5.41) is 9.96. The van der Waals surface area contributed by atoms with Gasteiger partial charge in [0.2, 0.25) is 0 Å². The summed E-state index contributed by atoms with van der Waals surface area (Å²) in [5.74, 6) is -2.99. The average molecular weight is 409 g/mol. The Balaban J connectivity index is 1.73. The highest BCUT2D eigenvalue weighted by atomic mass is 16.5. The number of unbranched alkanes of at least 4 members (excludes halogenated alkanes) is 5. The van der Waals surface area contributed by atoms with E-state index in [4.69, 9.17) is 4.74 Å². The van der Waals surface area contributed by atoms with Gasteiger partial charge in [0.05, 0.1) is 18.4 Å². The Morgan fingerprint density at radius 1 is 0.767 bits per heavy atom. The van der Waals surface area contributed by atoms with Crippen LogP contribution >= 0.6 is 0 Å². The van der Waals surface area contributed by atoms with Crippen molar-refractivity contribution in [3.63, 3.8) is 0 Å². The van der Waals surface area contributed by atoms with Gasteiger partial charge in [-0.25, -0.2) is 0 Å². The lowest BCUT2D eigenvalue weighted by Gasteiger charge is -2.49. The molecule has 4 heteroatoms. The largest absolute Gasteiger partial charge is 0.481 e. The molecule has 1 fully saturated rings. The molecule has 2 aromatic rings. The molecule has 1 aliphatic rings. The van der Waals surface area contributed by atoms with E-state index in [9.17, 15) is 14.7 Å². The molecular weight excluding hydrogens is 376 g/mol. The van der Waals surface area contributed by atoms with Crippen LogP contribution in [0.2, 0.25) is 0 Å². The lowest BCUT2D eigenvalue weighted by Crippen LogP contribution is -2.51. The fraction of sp³-hybridized carbons (Fsp3) is 0.462. The summed E-state index contributed by atoms with van der Waals surface area (Å²) in [6.45, 7) is 2.60. The fourth-order valence-corrected chi connectivity index (χ4v) is 4.68. The minimum Gasteiger partial charge on any atom is -0.481 e. The Hall–Kier alpha value is -2.62. The normalized spacial score (nSPS) is 22.8. The molecule has 2 aromatic carbocycles. The van der Waals surface area contributed by atoms with Crippen molar-refractivity contribution in [3.05, 3.63) is 71.8 Å². The standard InChI is InChI=1S/C26H32O4/c1-2-3-4-5-6-13-18-30-26(29)24-21(19-14-9-7-10-15-19)23(25(27)28)22(24)20-16-11-8-12-17-20/h7-12,14-17,21-24H,2-6,13,18H2,1H3,(H,27,28)/t21-,22-,23?,24?/m1/s1. The number of rotatable bonds is 11. The van der Waals surface area contributed by atoms with Crippen LogP contribution in [0.15, 0.2) is 60.7 Å². The third-order valence-corrected chi connectivity index (χ3v) is 6.22. The number of ether oxygens (including phenoxy) is 1. The van der Waals surface area contributed by atoms with E-state index in [-0.39, 0.29) is 17.8 Å². The zero-order valence-electron chi connectivity index (χ0n) is 17.7. The van der Waals surface area contributed by atoms with Crippen LogP contribution in [0.1, 0.15) is 68.4 Å². The van der Waals surface area contributed by atoms with Gasteiger partial charge in [0.1, 0.15) is 0 Å². The van der Waals surface area contributed by atoms with Gasteiger partial charge < -0.3 is 9.84 Å². The van der Waals surface area contributed by atoms with Crippen LogP contribution in [0, 0.1) is 11.8 Å². The van der Waals surface area contributed by atoms with E-state index in [1.54, 1.807) is 0 Å². The molecule has 2 atom stereocenters. The topological polar surface area (TPSA) is 63.6 Å². The van der Waals surface area contributed by atoms with Gasteiger partial charge in [0.15, 0.2) is 0 Å². The van der Waals surface area contributed by atoms with Gasteiger partial charge in [-0.3, -0.25) is 9.59 Å². The molecule has 1 N–H and O–H groups in total. The number of benzene rings is 2. The van der Waals surface area contributed by atoms with E-state index in [1.165, 1.54) is 19.3 Å². The first-order valence-corrected chi connectivity index (χ1v) is 11.1. The Morgan fingerprint density at radius 3 is 1.77 bits per heavy atom. The van der Waals surface area contributed by atoms with Gasteiger partial charge in [0.25, 0.3) is 0 Å². The Kier molecular flexibility index (Phi) is 8.06. The first kappa shape index (κ1) is 22.1. The molecule has 160 valence electrons. The number of esters is 1. The van der Waals surface area contributed by atoms with Crippen LogP contribution in [-0.4, -0.2) is 23.7 Å². The van der Waals surface area contributed by atoms with Crippen molar-refractivity contribution < 1.29 is 19.4 Å². The summed E-state index contributed by atoms with van der Waals surface area (Å²) in [6.07, 6.45) is 6.75. The monoisotopic (exact) mass is 408 g/mol. The number of carbonyl (C=O) groups is 2. The van der Waals surface area contributed by atoms with Crippen molar-refractivity contribution in [3.8, 4) is 0 Å². The maximum atomic E-state index is 13.1. The highest BCUT2D eigenvalue weighted by molar-refractivity contribution is 5.84. The van der Waals surface area contributed by atoms with Crippen molar-refractivity contribution >= 4 is 11.9 Å². The third-order valence-electron chi connectivity index (χ3n) is 6.22. The first-order chi connectivity index (χ1) is 14.6. The van der Waals surface area contributed by atoms with Crippen LogP contribution in [0.3, 0.4) is 0 Å². The highest BCUT2D eigenvalue weighted by Crippen LogP contribution is 2.58. The van der Waals surface area contributed by atoms with Crippen molar-refractivity contribution in [1.82, 2.24) is 0 Å². The summed E-state index contributed by atoms with van der Waals surface area (Å²) in [6, 6.07) is 19.0. The van der Waals surface area contributed by atoms with Crippen molar-refractivity contribution in [2.24, 2.45) is 11.8 Å². The van der Waals surface area contributed by atoms with E-state index >= 15 is 0 Å². The molecule has 30 heavy (non-hydrogen) atoms. The lowest BCUT2D eigenvalue weighted by atomic mass is 9.52. The molecule has 4 nitrogen and oxygen atoms in total. The zero-order valence-corrected chi connectivity index (χ0v) is 17.7. The maximum Gasteiger partial charge on any atom is 0.310 e. The van der Waals surface area contributed by atoms with Gasteiger partial charge in [-0.15, -0.1) is 0 Å². The minimum atomic E-state index is -0.863.